The Balaban J connectivity index is 1.49. The van der Waals surface area contributed by atoms with Gasteiger partial charge >= 0.3 is 0 Å². The van der Waals surface area contributed by atoms with Crippen LogP contribution in [0.15, 0.2) is 53.6 Å². The molecule has 1 unspecified atom stereocenters. The van der Waals surface area contributed by atoms with Gasteiger partial charge < -0.3 is 4.90 Å². The molecule has 2 heterocycles. The molecule has 0 radical (unpaired) electrons. The Morgan fingerprint density at radius 3 is 2.50 bits per heavy atom. The van der Waals surface area contributed by atoms with E-state index in [1.807, 2.05) is 18.2 Å². The number of carbonyl (C=O) groups excluding carboxylic acids is 1. The largest absolute Gasteiger partial charge is 0.357 e. The number of carbonyl (C=O) groups is 1. The zero-order chi connectivity index (χ0) is 22.7. The molecule has 1 fully saturated rings. The van der Waals surface area contributed by atoms with Crippen molar-refractivity contribution in [2.75, 3.05) is 18.8 Å². The monoisotopic (exact) mass is 465 g/mol. The molecule has 168 valence electrons. The van der Waals surface area contributed by atoms with E-state index in [2.05, 4.69) is 56.0 Å². The molecule has 0 saturated carbocycles. The number of hydrogen-bond acceptors (Lipinski definition) is 4. The third-order valence-electron chi connectivity index (χ3n) is 6.55. The van der Waals surface area contributed by atoms with Crippen molar-refractivity contribution >= 4 is 39.9 Å². The minimum atomic E-state index is -0.0784. The third-order valence-corrected chi connectivity index (χ3v) is 8.06. The van der Waals surface area contributed by atoms with Gasteiger partial charge in [0.15, 0.2) is 0 Å². The zero-order valence-electron chi connectivity index (χ0n) is 19.1. The predicted octanol–water partition coefficient (Wildman–Crippen LogP) is 5.73. The molecule has 2 aliphatic rings. The first-order valence-corrected chi connectivity index (χ1v) is 12.8. The number of thiocarbonyl (C=S) groups is 1. The van der Waals surface area contributed by atoms with Crippen LogP contribution >= 0.6 is 24.0 Å². The molecule has 1 atom stereocenters. The maximum absolute atomic E-state index is 13.3. The highest BCUT2D eigenvalue weighted by Gasteiger charge is 2.33. The van der Waals surface area contributed by atoms with Gasteiger partial charge in [0.1, 0.15) is 4.32 Å². The van der Waals surface area contributed by atoms with E-state index in [4.69, 9.17) is 17.3 Å². The van der Waals surface area contributed by atoms with E-state index in [0.29, 0.717) is 5.75 Å². The summed E-state index contributed by atoms with van der Waals surface area (Å²) < 4.78 is 0.832. The van der Waals surface area contributed by atoms with Gasteiger partial charge in [0.05, 0.1) is 17.5 Å². The highest BCUT2D eigenvalue weighted by molar-refractivity contribution is 8.23. The Hall–Kier alpha value is -2.18. The second-order valence-electron chi connectivity index (χ2n) is 8.94. The fraction of sp³-hybridized carbons (Fsp3) is 0.423. The number of benzene rings is 2. The molecule has 0 N–H and O–H groups in total. The Morgan fingerprint density at radius 1 is 1.09 bits per heavy atom. The summed E-state index contributed by atoms with van der Waals surface area (Å²) in [4.78, 5) is 15.5. The van der Waals surface area contributed by atoms with Gasteiger partial charge in [-0.05, 0) is 60.9 Å². The Bertz CT molecular complexity index is 1010. The number of amides is 1. The van der Waals surface area contributed by atoms with Crippen molar-refractivity contribution in [3.05, 3.63) is 70.8 Å². The number of rotatable bonds is 4. The standard InChI is InChI=1S/C26H31N3OS2/c1-18-11-13-28(14-12-18)26(31)32-17-25(30)29-24(21-7-5-4-6-8-21)16-23(27-29)22-10-9-19(2)20(3)15-22/h4-10,15,18,24H,11-14,16-17H2,1-3H3. The number of aryl methyl sites for hydroxylation is 2. The Morgan fingerprint density at radius 2 is 1.81 bits per heavy atom. The fourth-order valence-electron chi connectivity index (χ4n) is 4.24. The van der Waals surface area contributed by atoms with Crippen LogP contribution in [-0.4, -0.2) is 44.7 Å². The molecule has 6 heteroatoms. The summed E-state index contributed by atoms with van der Waals surface area (Å²) in [5, 5.41) is 6.51. The van der Waals surface area contributed by atoms with Gasteiger partial charge in [-0.25, -0.2) is 5.01 Å². The fourth-order valence-corrected chi connectivity index (χ4v) is 5.35. The van der Waals surface area contributed by atoms with E-state index >= 15 is 0 Å². The van der Waals surface area contributed by atoms with Crippen molar-refractivity contribution < 1.29 is 4.79 Å². The molecular formula is C26H31N3OS2. The van der Waals surface area contributed by atoms with Gasteiger partial charge in [0.2, 0.25) is 0 Å². The van der Waals surface area contributed by atoms with E-state index in [1.54, 1.807) is 5.01 Å². The molecule has 0 bridgehead atoms. The van der Waals surface area contributed by atoms with E-state index in [1.165, 1.54) is 35.7 Å². The van der Waals surface area contributed by atoms with Crippen molar-refractivity contribution in [1.82, 2.24) is 9.91 Å². The number of nitrogens with zero attached hydrogens (tertiary/aromatic N) is 3. The number of thioether (sulfide) groups is 1. The summed E-state index contributed by atoms with van der Waals surface area (Å²) in [6.07, 6.45) is 3.05. The first-order valence-electron chi connectivity index (χ1n) is 11.4. The summed E-state index contributed by atoms with van der Waals surface area (Å²) in [5.41, 5.74) is 5.67. The second kappa shape index (κ2) is 10.2. The summed E-state index contributed by atoms with van der Waals surface area (Å²) >= 11 is 7.11. The van der Waals surface area contributed by atoms with Crippen molar-refractivity contribution in [3.8, 4) is 0 Å². The van der Waals surface area contributed by atoms with Crippen LogP contribution < -0.4 is 0 Å². The number of hydrogen-bond donors (Lipinski definition) is 0. The summed E-state index contributed by atoms with van der Waals surface area (Å²) in [5.74, 6) is 1.09. The molecule has 1 amide bonds. The topological polar surface area (TPSA) is 35.9 Å². The maximum Gasteiger partial charge on any atom is 0.253 e. The first kappa shape index (κ1) is 23.0. The molecule has 2 aliphatic heterocycles. The van der Waals surface area contributed by atoms with Crippen molar-refractivity contribution in [3.63, 3.8) is 0 Å². The molecule has 1 saturated heterocycles. The lowest BCUT2D eigenvalue weighted by molar-refractivity contribution is -0.130. The predicted molar refractivity (Wildman–Crippen MR) is 138 cm³/mol. The van der Waals surface area contributed by atoms with E-state index in [0.717, 1.165) is 46.6 Å². The average Bonchev–Trinajstić information content (AvgIpc) is 3.26. The van der Waals surface area contributed by atoms with Crippen molar-refractivity contribution in [2.24, 2.45) is 11.0 Å². The smallest absolute Gasteiger partial charge is 0.253 e. The SMILES string of the molecule is Cc1ccc(C2=NN(C(=O)CSC(=S)N3CCC(C)CC3)C(c3ccccc3)C2)cc1C. The van der Waals surface area contributed by atoms with Crippen LogP contribution in [0.1, 0.15) is 54.5 Å². The van der Waals surface area contributed by atoms with Gasteiger partial charge in [-0.1, -0.05) is 73.4 Å². The molecule has 0 aliphatic carbocycles. The molecule has 2 aromatic rings. The van der Waals surface area contributed by atoms with Crippen molar-refractivity contribution in [1.29, 1.82) is 0 Å². The Kier molecular flexibility index (Phi) is 7.31. The normalized spacial score (nSPS) is 19.2. The highest BCUT2D eigenvalue weighted by Crippen LogP contribution is 2.34. The second-order valence-corrected chi connectivity index (χ2v) is 10.5. The van der Waals surface area contributed by atoms with Crippen LogP contribution in [0.5, 0.6) is 0 Å². The van der Waals surface area contributed by atoms with Gasteiger partial charge in [-0.15, -0.1) is 0 Å². The summed E-state index contributed by atoms with van der Waals surface area (Å²) in [6.45, 7) is 8.50. The first-order chi connectivity index (χ1) is 15.4. The number of likely N-dealkylation sites (tertiary alicyclic amines) is 1. The Labute approximate surface area is 201 Å². The molecule has 4 rings (SSSR count). The molecule has 0 aromatic heterocycles. The number of piperidine rings is 1. The third kappa shape index (κ3) is 5.24. The van der Waals surface area contributed by atoms with Gasteiger partial charge in [-0.3, -0.25) is 4.79 Å². The molecule has 4 nitrogen and oxygen atoms in total. The average molecular weight is 466 g/mol. The lowest BCUT2D eigenvalue weighted by atomic mass is 9.96. The lowest BCUT2D eigenvalue weighted by Gasteiger charge is -2.32. The molecular weight excluding hydrogens is 434 g/mol. The zero-order valence-corrected chi connectivity index (χ0v) is 20.7. The van der Waals surface area contributed by atoms with E-state index in [-0.39, 0.29) is 11.9 Å². The van der Waals surface area contributed by atoms with Gasteiger partial charge in [0, 0.05) is 19.5 Å². The molecule has 0 spiro atoms. The van der Waals surface area contributed by atoms with Gasteiger partial charge in [0.25, 0.3) is 5.91 Å². The van der Waals surface area contributed by atoms with Crippen LogP contribution in [0, 0.1) is 19.8 Å². The van der Waals surface area contributed by atoms with E-state index in [9.17, 15) is 4.79 Å². The number of hydrazone groups is 1. The van der Waals surface area contributed by atoms with Gasteiger partial charge in [-0.2, -0.15) is 5.10 Å². The minimum Gasteiger partial charge on any atom is -0.357 e. The van der Waals surface area contributed by atoms with Crippen LogP contribution in [0.25, 0.3) is 0 Å². The van der Waals surface area contributed by atoms with Crippen LogP contribution in [0.3, 0.4) is 0 Å². The minimum absolute atomic E-state index is 0.00964. The highest BCUT2D eigenvalue weighted by atomic mass is 32.2. The van der Waals surface area contributed by atoms with Crippen LogP contribution in [0.4, 0.5) is 0 Å². The molecule has 2 aromatic carbocycles. The maximum atomic E-state index is 13.3. The lowest BCUT2D eigenvalue weighted by Crippen LogP contribution is -2.36. The van der Waals surface area contributed by atoms with E-state index < -0.39 is 0 Å². The summed E-state index contributed by atoms with van der Waals surface area (Å²) in [7, 11) is 0. The van der Waals surface area contributed by atoms with Crippen molar-refractivity contribution in [2.45, 2.75) is 46.1 Å². The summed E-state index contributed by atoms with van der Waals surface area (Å²) in [6, 6.07) is 16.5. The quantitative estimate of drug-likeness (QED) is 0.540. The molecule has 32 heavy (non-hydrogen) atoms. The van der Waals surface area contributed by atoms with Crippen LogP contribution in [0.2, 0.25) is 0 Å². The van der Waals surface area contributed by atoms with Crippen LogP contribution in [-0.2, 0) is 4.79 Å².